The Morgan fingerprint density at radius 2 is 1.65 bits per heavy atom. The van der Waals surface area contributed by atoms with Crippen LogP contribution in [0.1, 0.15) is 50.7 Å². The molecule has 0 aliphatic rings. The van der Waals surface area contributed by atoms with E-state index in [0.717, 1.165) is 19.3 Å². The summed E-state index contributed by atoms with van der Waals surface area (Å²) in [7, 11) is 1.31. The molecule has 174 valence electrons. The van der Waals surface area contributed by atoms with Crippen molar-refractivity contribution in [3.63, 3.8) is 0 Å². The lowest BCUT2D eigenvalue weighted by molar-refractivity contribution is -0.128. The summed E-state index contributed by atoms with van der Waals surface area (Å²) in [4.78, 5) is 44.6. The molecule has 5 N–H and O–H groups in total. The molecule has 0 bridgehead atoms. The highest BCUT2D eigenvalue weighted by molar-refractivity contribution is 5.97. The predicted octanol–water partition coefficient (Wildman–Crippen LogP) is 0.600. The summed E-state index contributed by atoms with van der Waals surface area (Å²) in [6.07, 6.45) is 3.14. The molecule has 1 rings (SSSR count). The van der Waals surface area contributed by atoms with Gasteiger partial charge in [-0.1, -0.05) is 25.8 Å². The van der Waals surface area contributed by atoms with Crippen LogP contribution < -0.4 is 16.0 Å². The quantitative estimate of drug-likeness (QED) is 0.236. The van der Waals surface area contributed by atoms with Crippen molar-refractivity contribution in [1.29, 1.82) is 0 Å². The monoisotopic (exact) mass is 439 g/mol. The third-order valence-electron chi connectivity index (χ3n) is 4.01. The molecule has 0 saturated heterocycles. The summed E-state index contributed by atoms with van der Waals surface area (Å²) in [6.45, 7) is 3.32. The third-order valence-corrected chi connectivity index (χ3v) is 4.01. The lowest BCUT2D eigenvalue weighted by Crippen LogP contribution is -2.45. The number of ether oxygens (including phenoxy) is 1. The average Bonchev–Trinajstić information content (AvgIpc) is 2.77. The number of methoxy groups -OCH3 is 1. The van der Waals surface area contributed by atoms with Crippen molar-refractivity contribution < 1.29 is 34.1 Å². The minimum atomic E-state index is -0.815. The summed E-state index contributed by atoms with van der Waals surface area (Å²) in [5.74, 6) is -1.09. The SMILES string of the molecule is CCCCCC(=O)NCC(=O)NC(C)C(=O)Nc1cc(CO)cc(CO)c1.COC=O. The zero-order valence-electron chi connectivity index (χ0n) is 18.3. The second-order valence-electron chi connectivity index (χ2n) is 6.70. The van der Waals surface area contributed by atoms with Gasteiger partial charge in [-0.15, -0.1) is 0 Å². The van der Waals surface area contributed by atoms with E-state index in [9.17, 15) is 24.6 Å². The van der Waals surface area contributed by atoms with Crippen LogP contribution in [-0.4, -0.2) is 54.1 Å². The number of rotatable bonds is 12. The van der Waals surface area contributed by atoms with E-state index in [0.29, 0.717) is 29.7 Å². The molecule has 0 heterocycles. The van der Waals surface area contributed by atoms with Crippen molar-refractivity contribution in [3.8, 4) is 0 Å². The molecule has 0 radical (unpaired) electrons. The number of amides is 3. The number of aliphatic hydroxyl groups excluding tert-OH is 2. The summed E-state index contributed by atoms with van der Waals surface area (Å²) in [5.41, 5.74) is 1.53. The first-order valence-corrected chi connectivity index (χ1v) is 9.99. The highest BCUT2D eigenvalue weighted by Gasteiger charge is 2.16. The van der Waals surface area contributed by atoms with Gasteiger partial charge in [0.05, 0.1) is 26.9 Å². The minimum absolute atomic E-state index is 0.183. The maximum absolute atomic E-state index is 12.2. The normalized spacial score (nSPS) is 10.7. The van der Waals surface area contributed by atoms with E-state index in [1.165, 1.54) is 14.0 Å². The lowest BCUT2D eigenvalue weighted by atomic mass is 10.1. The fourth-order valence-corrected chi connectivity index (χ4v) is 2.43. The van der Waals surface area contributed by atoms with Crippen molar-refractivity contribution >= 4 is 29.9 Å². The number of carbonyl (C=O) groups is 4. The molecule has 0 saturated carbocycles. The van der Waals surface area contributed by atoms with Crippen molar-refractivity contribution in [2.45, 2.75) is 58.8 Å². The van der Waals surface area contributed by atoms with Crippen LogP contribution in [0.4, 0.5) is 5.69 Å². The highest BCUT2D eigenvalue weighted by Crippen LogP contribution is 2.15. The Bertz CT molecular complexity index is 688. The van der Waals surface area contributed by atoms with Crippen LogP contribution in [0.25, 0.3) is 0 Å². The van der Waals surface area contributed by atoms with Gasteiger partial charge in [0.15, 0.2) is 0 Å². The van der Waals surface area contributed by atoms with Gasteiger partial charge in [-0.05, 0) is 36.6 Å². The molecule has 1 atom stereocenters. The first kappa shape index (κ1) is 28.0. The molecule has 3 amide bonds. The van der Waals surface area contributed by atoms with Gasteiger partial charge in [0, 0.05) is 12.1 Å². The summed E-state index contributed by atoms with van der Waals surface area (Å²) >= 11 is 0. The summed E-state index contributed by atoms with van der Waals surface area (Å²) in [6, 6.07) is 3.98. The Hall–Kier alpha value is -2.98. The number of carbonyl (C=O) groups excluding carboxylic acids is 4. The van der Waals surface area contributed by atoms with E-state index in [4.69, 9.17) is 4.79 Å². The van der Waals surface area contributed by atoms with E-state index in [1.807, 2.05) is 6.92 Å². The number of nitrogens with one attached hydrogen (secondary N) is 3. The van der Waals surface area contributed by atoms with Crippen LogP contribution in [0.15, 0.2) is 18.2 Å². The molecule has 0 aromatic heterocycles. The van der Waals surface area contributed by atoms with Crippen molar-refractivity contribution in [1.82, 2.24) is 10.6 Å². The Morgan fingerprint density at radius 1 is 1.06 bits per heavy atom. The first-order chi connectivity index (χ1) is 14.8. The molecule has 10 heteroatoms. The van der Waals surface area contributed by atoms with Gasteiger partial charge in [0.25, 0.3) is 6.47 Å². The molecular formula is C21H33N3O7. The highest BCUT2D eigenvalue weighted by atomic mass is 16.5. The Kier molecular flexibility index (Phi) is 15.2. The van der Waals surface area contributed by atoms with Gasteiger partial charge < -0.3 is 30.9 Å². The Morgan fingerprint density at radius 3 is 2.13 bits per heavy atom. The molecule has 1 unspecified atom stereocenters. The molecule has 0 fully saturated rings. The fourth-order valence-electron chi connectivity index (χ4n) is 2.43. The lowest BCUT2D eigenvalue weighted by Gasteiger charge is -2.15. The number of aliphatic hydroxyl groups is 2. The first-order valence-electron chi connectivity index (χ1n) is 9.99. The smallest absolute Gasteiger partial charge is 0.292 e. The summed E-state index contributed by atoms with van der Waals surface area (Å²) in [5, 5.41) is 26.1. The number of benzene rings is 1. The Labute approximate surface area is 182 Å². The molecule has 10 nitrogen and oxygen atoms in total. The van der Waals surface area contributed by atoms with Gasteiger partial charge in [-0.25, -0.2) is 0 Å². The average molecular weight is 440 g/mol. The summed E-state index contributed by atoms with van der Waals surface area (Å²) < 4.78 is 3.86. The Balaban J connectivity index is 0.00000206. The number of hydrogen-bond donors (Lipinski definition) is 5. The van der Waals surface area contributed by atoms with Crippen molar-refractivity contribution in [2.75, 3.05) is 19.0 Å². The van der Waals surface area contributed by atoms with Crippen molar-refractivity contribution in [3.05, 3.63) is 29.3 Å². The van der Waals surface area contributed by atoms with Gasteiger partial charge in [-0.3, -0.25) is 19.2 Å². The zero-order chi connectivity index (χ0) is 23.6. The third kappa shape index (κ3) is 13.0. The van der Waals surface area contributed by atoms with Crippen molar-refractivity contribution in [2.24, 2.45) is 0 Å². The minimum Gasteiger partial charge on any atom is -0.471 e. The molecule has 31 heavy (non-hydrogen) atoms. The van der Waals surface area contributed by atoms with E-state index in [1.54, 1.807) is 18.2 Å². The largest absolute Gasteiger partial charge is 0.471 e. The van der Waals surface area contributed by atoms with Gasteiger partial charge in [0.1, 0.15) is 6.04 Å². The zero-order valence-corrected chi connectivity index (χ0v) is 18.3. The molecular weight excluding hydrogens is 406 g/mol. The van der Waals surface area contributed by atoms with Crippen LogP contribution in [0.2, 0.25) is 0 Å². The van der Waals surface area contributed by atoms with E-state index in [2.05, 4.69) is 20.7 Å². The van der Waals surface area contributed by atoms with E-state index in [-0.39, 0.29) is 25.7 Å². The van der Waals surface area contributed by atoms with Gasteiger partial charge >= 0.3 is 0 Å². The second kappa shape index (κ2) is 16.8. The van der Waals surface area contributed by atoms with E-state index < -0.39 is 17.9 Å². The second-order valence-corrected chi connectivity index (χ2v) is 6.70. The molecule has 0 aliphatic heterocycles. The molecule has 1 aromatic carbocycles. The van der Waals surface area contributed by atoms with Crippen LogP contribution in [0.5, 0.6) is 0 Å². The number of hydrogen-bond acceptors (Lipinski definition) is 7. The molecule has 0 aliphatic carbocycles. The maximum Gasteiger partial charge on any atom is 0.292 e. The van der Waals surface area contributed by atoms with Crippen LogP contribution in [0, 0.1) is 0 Å². The fraction of sp³-hybridized carbons (Fsp3) is 0.524. The molecule has 0 spiro atoms. The molecule has 1 aromatic rings. The van der Waals surface area contributed by atoms with Crippen LogP contribution in [0.3, 0.4) is 0 Å². The van der Waals surface area contributed by atoms with E-state index >= 15 is 0 Å². The standard InChI is InChI=1S/C19H29N3O5.C2H4O2/c1-3-4-5-6-17(25)20-10-18(26)21-13(2)19(27)22-16-8-14(11-23)7-15(9-16)12-24;1-4-2-3/h7-9,13,23-24H,3-6,10-12H2,1-2H3,(H,20,25)(H,21,26)(H,22,27);2H,1H3. The maximum atomic E-state index is 12.2. The van der Waals surface area contributed by atoms with Gasteiger partial charge in [0.2, 0.25) is 17.7 Å². The number of anilines is 1. The predicted molar refractivity (Wildman–Crippen MR) is 115 cm³/mol. The van der Waals surface area contributed by atoms with Gasteiger partial charge in [-0.2, -0.15) is 0 Å². The van der Waals surface area contributed by atoms with Crippen LogP contribution in [-0.2, 0) is 37.1 Å². The number of unbranched alkanes of at least 4 members (excludes halogenated alkanes) is 2. The van der Waals surface area contributed by atoms with Crippen LogP contribution >= 0.6 is 0 Å². The topological polar surface area (TPSA) is 154 Å².